The van der Waals surface area contributed by atoms with Gasteiger partial charge in [-0.2, -0.15) is 5.26 Å². The Hall–Kier alpha value is -1.16. The third kappa shape index (κ3) is 6.73. The van der Waals surface area contributed by atoms with Gasteiger partial charge in [0.2, 0.25) is 0 Å². The Bertz CT molecular complexity index is 567. The summed E-state index contributed by atoms with van der Waals surface area (Å²) in [6.45, 7) is 7.74. The second-order valence-corrected chi connectivity index (χ2v) is 12.9. The molecule has 22 heavy (non-hydrogen) atoms. The Kier molecular flexibility index (Phi) is 7.80. The fourth-order valence-electron chi connectivity index (χ4n) is 1.81. The number of ether oxygens (including phenoxy) is 1. The Balaban J connectivity index is 2.75. The normalized spacial score (nSPS) is 11.5. The van der Waals surface area contributed by atoms with Gasteiger partial charge in [0.05, 0.1) is 17.3 Å². The first kappa shape index (κ1) is 18.9. The van der Waals surface area contributed by atoms with E-state index in [9.17, 15) is 0 Å². The smallest absolute Gasteiger partial charge is 0.182 e. The average Bonchev–Trinajstić information content (AvgIpc) is 2.44. The summed E-state index contributed by atoms with van der Waals surface area (Å²) in [5, 5.41) is 11.4. The predicted molar refractivity (Wildman–Crippen MR) is 98.4 cm³/mol. The van der Waals surface area contributed by atoms with Crippen LogP contribution in [-0.2, 0) is 0 Å². The molecule has 4 nitrogen and oxygen atoms in total. The monoisotopic (exact) mass is 355 g/mol. The molecule has 0 fully saturated rings. The van der Waals surface area contributed by atoms with Gasteiger partial charge in [-0.15, -0.1) is 11.8 Å². The van der Waals surface area contributed by atoms with Gasteiger partial charge in [-0.3, -0.25) is 5.32 Å². The highest BCUT2D eigenvalue weighted by molar-refractivity contribution is 7.98. The van der Waals surface area contributed by atoms with Crippen molar-refractivity contribution in [1.29, 1.82) is 5.26 Å². The van der Waals surface area contributed by atoms with Gasteiger partial charge >= 0.3 is 0 Å². The summed E-state index contributed by atoms with van der Waals surface area (Å²) in [6, 6.07) is 4.90. The van der Waals surface area contributed by atoms with Crippen LogP contribution in [0, 0.1) is 11.5 Å². The quantitative estimate of drug-likeness (QED) is 0.137. The molecule has 1 aromatic carbocycles. The van der Waals surface area contributed by atoms with Gasteiger partial charge in [0.15, 0.2) is 6.19 Å². The van der Waals surface area contributed by atoms with E-state index in [0.717, 1.165) is 17.0 Å². The van der Waals surface area contributed by atoms with Crippen LogP contribution in [0.25, 0.3) is 0 Å². The van der Waals surface area contributed by atoms with Gasteiger partial charge in [-0.1, -0.05) is 37.3 Å². The van der Waals surface area contributed by atoms with Crippen molar-refractivity contribution in [3.05, 3.63) is 17.2 Å². The molecule has 7 heteroatoms. The molecule has 0 aliphatic rings. The minimum absolute atomic E-state index is 0.537. The molecule has 1 aromatic rings. The standard InChI is InChI=1S/C15H22ClN3OSSi/c1-21-15-9-14(20-6-5-7-22(2,3)4)12(16)8-13(15)19-11-18-10-17/h8-9,11H,5-7H2,1-4H3,(H,18,19). The first-order valence-electron chi connectivity index (χ1n) is 7.05. The first-order valence-corrected chi connectivity index (χ1v) is 12.4. The Morgan fingerprint density at radius 3 is 2.77 bits per heavy atom. The summed E-state index contributed by atoms with van der Waals surface area (Å²) in [5.41, 5.74) is 0.717. The summed E-state index contributed by atoms with van der Waals surface area (Å²) in [5.74, 6) is 0.689. The number of nitrogens with zero attached hydrogens (tertiary/aromatic N) is 2. The zero-order chi connectivity index (χ0) is 16.6. The SMILES string of the molecule is CSc1cc(OCCC[Si](C)(C)C)c(Cl)cc1N=CNC#N. The molecule has 0 amide bonds. The Morgan fingerprint density at radius 2 is 2.18 bits per heavy atom. The van der Waals surface area contributed by atoms with Crippen LogP contribution in [0.2, 0.25) is 30.7 Å². The molecular formula is C15H22ClN3OSSi. The van der Waals surface area contributed by atoms with Gasteiger partial charge in [0.1, 0.15) is 12.1 Å². The number of nitriles is 1. The fourth-order valence-corrected chi connectivity index (χ4v) is 3.78. The van der Waals surface area contributed by atoms with Crippen molar-refractivity contribution in [2.45, 2.75) is 37.0 Å². The van der Waals surface area contributed by atoms with Crippen molar-refractivity contribution in [3.63, 3.8) is 0 Å². The highest BCUT2D eigenvalue weighted by Gasteiger charge is 2.13. The van der Waals surface area contributed by atoms with Crippen LogP contribution >= 0.6 is 23.4 Å². The van der Waals surface area contributed by atoms with Gasteiger partial charge < -0.3 is 4.74 Å². The van der Waals surface area contributed by atoms with Crippen LogP contribution in [0.4, 0.5) is 5.69 Å². The lowest BCUT2D eigenvalue weighted by molar-refractivity contribution is 0.316. The summed E-state index contributed by atoms with van der Waals surface area (Å²) in [4.78, 5) is 5.14. The number of aliphatic imine (C=N–C) groups is 1. The second kappa shape index (κ2) is 9.08. The maximum Gasteiger partial charge on any atom is 0.182 e. The molecule has 0 heterocycles. The summed E-state index contributed by atoms with van der Waals surface area (Å²) < 4.78 is 5.81. The summed E-state index contributed by atoms with van der Waals surface area (Å²) in [7, 11) is -1.02. The summed E-state index contributed by atoms with van der Waals surface area (Å²) >= 11 is 7.82. The number of hydrogen-bond donors (Lipinski definition) is 1. The minimum Gasteiger partial charge on any atom is -0.492 e. The molecule has 0 atom stereocenters. The van der Waals surface area contributed by atoms with Crippen LogP contribution < -0.4 is 10.1 Å². The first-order chi connectivity index (χ1) is 10.4. The molecule has 0 aliphatic carbocycles. The lowest BCUT2D eigenvalue weighted by Crippen LogP contribution is -2.20. The van der Waals surface area contributed by atoms with Gasteiger partial charge in [-0.05, 0) is 24.8 Å². The highest BCUT2D eigenvalue weighted by Crippen LogP contribution is 2.37. The zero-order valence-corrected chi connectivity index (χ0v) is 16.0. The lowest BCUT2D eigenvalue weighted by Gasteiger charge is -2.16. The molecule has 1 N–H and O–H groups in total. The van der Waals surface area contributed by atoms with Crippen LogP contribution in [0.5, 0.6) is 5.75 Å². The topological polar surface area (TPSA) is 57.4 Å². The molecule has 0 aromatic heterocycles. The van der Waals surface area contributed by atoms with E-state index in [2.05, 4.69) is 30.0 Å². The van der Waals surface area contributed by atoms with E-state index in [1.165, 1.54) is 12.4 Å². The van der Waals surface area contributed by atoms with Gasteiger partial charge in [0.25, 0.3) is 0 Å². The van der Waals surface area contributed by atoms with E-state index in [1.807, 2.05) is 12.3 Å². The van der Waals surface area contributed by atoms with E-state index in [1.54, 1.807) is 24.0 Å². The van der Waals surface area contributed by atoms with Crippen molar-refractivity contribution in [1.82, 2.24) is 5.32 Å². The van der Waals surface area contributed by atoms with Crippen molar-refractivity contribution < 1.29 is 4.74 Å². The third-order valence-electron chi connectivity index (χ3n) is 2.89. The minimum atomic E-state index is -1.02. The van der Waals surface area contributed by atoms with E-state index in [0.29, 0.717) is 17.4 Å². The maximum atomic E-state index is 8.45. The number of benzene rings is 1. The van der Waals surface area contributed by atoms with Gasteiger partial charge in [-0.25, -0.2) is 4.99 Å². The van der Waals surface area contributed by atoms with Crippen LogP contribution in [-0.4, -0.2) is 27.3 Å². The number of thioether (sulfide) groups is 1. The van der Waals surface area contributed by atoms with Crippen LogP contribution in [0.3, 0.4) is 0 Å². The van der Waals surface area contributed by atoms with Crippen molar-refractivity contribution in [3.8, 4) is 11.9 Å². The number of rotatable bonds is 8. The molecular weight excluding hydrogens is 334 g/mol. The molecule has 0 unspecified atom stereocenters. The molecule has 1 rings (SSSR count). The zero-order valence-electron chi connectivity index (χ0n) is 13.4. The van der Waals surface area contributed by atoms with Crippen LogP contribution in [0.15, 0.2) is 22.0 Å². The number of nitrogens with one attached hydrogen (secondary N) is 1. The van der Waals surface area contributed by atoms with E-state index in [4.69, 9.17) is 21.6 Å². The number of halogens is 1. The van der Waals surface area contributed by atoms with E-state index >= 15 is 0 Å². The summed E-state index contributed by atoms with van der Waals surface area (Å²) in [6.07, 6.45) is 6.15. The Morgan fingerprint density at radius 1 is 1.45 bits per heavy atom. The van der Waals surface area contributed by atoms with Crippen molar-refractivity contribution in [2.75, 3.05) is 12.9 Å². The van der Waals surface area contributed by atoms with Crippen LogP contribution in [0.1, 0.15) is 6.42 Å². The molecule has 0 bridgehead atoms. The molecule has 0 saturated heterocycles. The average molecular weight is 356 g/mol. The molecule has 0 radical (unpaired) electrons. The van der Waals surface area contributed by atoms with Crippen molar-refractivity contribution >= 4 is 43.5 Å². The highest BCUT2D eigenvalue weighted by atomic mass is 35.5. The number of hydrogen-bond acceptors (Lipinski definition) is 4. The maximum absolute atomic E-state index is 8.45. The van der Waals surface area contributed by atoms with E-state index in [-0.39, 0.29) is 0 Å². The molecule has 0 aliphatic heterocycles. The molecule has 120 valence electrons. The largest absolute Gasteiger partial charge is 0.492 e. The van der Waals surface area contributed by atoms with E-state index < -0.39 is 8.07 Å². The predicted octanol–water partition coefficient (Wildman–Crippen LogP) is 4.90. The molecule has 0 saturated carbocycles. The third-order valence-corrected chi connectivity index (χ3v) is 5.81. The second-order valence-electron chi connectivity index (χ2n) is 5.98. The molecule has 0 spiro atoms. The van der Waals surface area contributed by atoms with Gasteiger partial charge in [0, 0.05) is 13.0 Å². The fraction of sp³-hybridized carbons (Fsp3) is 0.467. The Labute approximate surface area is 142 Å². The lowest BCUT2D eigenvalue weighted by atomic mass is 10.3. The van der Waals surface area contributed by atoms with Crippen molar-refractivity contribution in [2.24, 2.45) is 4.99 Å².